The molecule has 0 saturated carbocycles. The number of hydrogen-bond acceptors (Lipinski definition) is 3. The molecule has 0 aliphatic rings. The van der Waals surface area contributed by atoms with Crippen LogP contribution in [-0.4, -0.2) is 24.1 Å². The lowest BCUT2D eigenvalue weighted by atomic mass is 10.2. The Morgan fingerprint density at radius 1 is 1.17 bits per heavy atom. The second-order valence-corrected chi connectivity index (χ2v) is 3.97. The summed E-state index contributed by atoms with van der Waals surface area (Å²) < 4.78 is 0. The van der Waals surface area contributed by atoms with E-state index in [0.717, 1.165) is 0 Å². The van der Waals surface area contributed by atoms with Crippen LogP contribution in [0.4, 0.5) is 5.69 Å². The lowest BCUT2D eigenvalue weighted by molar-refractivity contribution is -0.117. The second kappa shape index (κ2) is 6.54. The number of benzene rings is 1. The van der Waals surface area contributed by atoms with Crippen molar-refractivity contribution in [2.45, 2.75) is 20.3 Å². The summed E-state index contributed by atoms with van der Waals surface area (Å²) in [4.78, 5) is 33.4. The van der Waals surface area contributed by atoms with E-state index in [1.807, 2.05) is 0 Å². The normalized spacial score (nSPS) is 9.67. The van der Waals surface area contributed by atoms with Gasteiger partial charge in [0.1, 0.15) is 5.78 Å². The van der Waals surface area contributed by atoms with E-state index in [9.17, 15) is 14.4 Å². The zero-order valence-corrected chi connectivity index (χ0v) is 10.4. The molecule has 0 bridgehead atoms. The van der Waals surface area contributed by atoms with Gasteiger partial charge in [-0.05, 0) is 25.1 Å². The maximum Gasteiger partial charge on any atom is 0.251 e. The number of rotatable bonds is 5. The highest BCUT2D eigenvalue weighted by Gasteiger charge is 2.06. The molecule has 18 heavy (non-hydrogen) atoms. The Morgan fingerprint density at radius 2 is 1.89 bits per heavy atom. The van der Waals surface area contributed by atoms with Gasteiger partial charge in [-0.25, -0.2) is 0 Å². The maximum atomic E-state index is 11.7. The van der Waals surface area contributed by atoms with E-state index < -0.39 is 0 Å². The van der Waals surface area contributed by atoms with Crippen molar-refractivity contribution in [2.24, 2.45) is 0 Å². The van der Waals surface area contributed by atoms with Crippen molar-refractivity contribution >= 4 is 23.3 Å². The van der Waals surface area contributed by atoms with Crippen LogP contribution >= 0.6 is 0 Å². The molecule has 0 fully saturated rings. The van der Waals surface area contributed by atoms with E-state index in [1.165, 1.54) is 13.8 Å². The molecule has 0 saturated heterocycles. The SMILES string of the molecule is CC(=O)CCNC(=O)c1cccc(NC(C)=O)c1. The Morgan fingerprint density at radius 3 is 2.50 bits per heavy atom. The summed E-state index contributed by atoms with van der Waals surface area (Å²) in [5.41, 5.74) is 1.02. The molecule has 1 rings (SSSR count). The zero-order chi connectivity index (χ0) is 13.5. The van der Waals surface area contributed by atoms with E-state index in [4.69, 9.17) is 0 Å². The van der Waals surface area contributed by atoms with Gasteiger partial charge in [0.2, 0.25) is 5.91 Å². The van der Waals surface area contributed by atoms with Crippen LogP contribution < -0.4 is 10.6 Å². The summed E-state index contributed by atoms with van der Waals surface area (Å²) in [5.74, 6) is -0.421. The average Bonchev–Trinajstić information content (AvgIpc) is 2.27. The Bertz CT molecular complexity index is 469. The van der Waals surface area contributed by atoms with Gasteiger partial charge in [-0.1, -0.05) is 6.07 Å². The minimum atomic E-state index is -0.261. The van der Waals surface area contributed by atoms with Gasteiger partial charge in [-0.3, -0.25) is 14.4 Å². The molecule has 96 valence electrons. The van der Waals surface area contributed by atoms with E-state index in [2.05, 4.69) is 10.6 Å². The molecule has 0 aliphatic carbocycles. The standard InChI is InChI=1S/C13H16N2O3/c1-9(16)6-7-14-13(18)11-4-3-5-12(8-11)15-10(2)17/h3-5,8H,6-7H2,1-2H3,(H,14,18)(H,15,17). The highest BCUT2D eigenvalue weighted by Crippen LogP contribution is 2.10. The highest BCUT2D eigenvalue weighted by atomic mass is 16.2. The fourth-order valence-corrected chi connectivity index (χ4v) is 1.40. The number of ketones is 1. The summed E-state index contributed by atoms with van der Waals surface area (Å²) >= 11 is 0. The number of Topliss-reactive ketones (excluding diaryl/α,β-unsaturated/α-hetero) is 1. The minimum Gasteiger partial charge on any atom is -0.352 e. The topological polar surface area (TPSA) is 75.3 Å². The summed E-state index contributed by atoms with van der Waals surface area (Å²) in [6, 6.07) is 6.62. The van der Waals surface area contributed by atoms with Crippen molar-refractivity contribution in [3.05, 3.63) is 29.8 Å². The van der Waals surface area contributed by atoms with Crippen LogP contribution in [0.5, 0.6) is 0 Å². The number of hydrogen-bond donors (Lipinski definition) is 2. The van der Waals surface area contributed by atoms with Gasteiger partial charge in [-0.2, -0.15) is 0 Å². The van der Waals surface area contributed by atoms with Crippen LogP contribution in [-0.2, 0) is 9.59 Å². The van der Waals surface area contributed by atoms with Crippen LogP contribution in [0.1, 0.15) is 30.6 Å². The van der Waals surface area contributed by atoms with Crippen LogP contribution in [0.2, 0.25) is 0 Å². The summed E-state index contributed by atoms with van der Waals surface area (Å²) in [6.45, 7) is 3.20. The van der Waals surface area contributed by atoms with Gasteiger partial charge in [0.25, 0.3) is 5.91 Å². The third-order valence-electron chi connectivity index (χ3n) is 2.21. The van der Waals surface area contributed by atoms with Gasteiger partial charge in [0, 0.05) is 31.1 Å². The number of anilines is 1. The largest absolute Gasteiger partial charge is 0.352 e. The Hall–Kier alpha value is -2.17. The fourth-order valence-electron chi connectivity index (χ4n) is 1.40. The van der Waals surface area contributed by atoms with Crippen molar-refractivity contribution in [2.75, 3.05) is 11.9 Å². The third-order valence-corrected chi connectivity index (χ3v) is 2.21. The first-order valence-electron chi connectivity index (χ1n) is 5.64. The summed E-state index contributed by atoms with van der Waals surface area (Å²) in [7, 11) is 0. The molecule has 0 atom stereocenters. The number of carbonyl (C=O) groups excluding carboxylic acids is 3. The molecule has 0 radical (unpaired) electrons. The second-order valence-electron chi connectivity index (χ2n) is 3.97. The van der Waals surface area contributed by atoms with Crippen LogP contribution in [0, 0.1) is 0 Å². The van der Waals surface area contributed by atoms with Gasteiger partial charge in [0.05, 0.1) is 0 Å². The van der Waals surface area contributed by atoms with E-state index in [0.29, 0.717) is 24.2 Å². The summed E-state index contributed by atoms with van der Waals surface area (Å²) in [6.07, 6.45) is 0.317. The van der Waals surface area contributed by atoms with Crippen LogP contribution in [0.15, 0.2) is 24.3 Å². The molecule has 0 aliphatic heterocycles. The van der Waals surface area contributed by atoms with Crippen LogP contribution in [0.25, 0.3) is 0 Å². The molecule has 1 aromatic rings. The molecule has 0 aromatic heterocycles. The fraction of sp³-hybridized carbons (Fsp3) is 0.308. The highest BCUT2D eigenvalue weighted by molar-refractivity contribution is 5.96. The molecule has 0 heterocycles. The number of carbonyl (C=O) groups is 3. The average molecular weight is 248 g/mol. The quantitative estimate of drug-likeness (QED) is 0.826. The maximum absolute atomic E-state index is 11.7. The van der Waals surface area contributed by atoms with Crippen molar-refractivity contribution in [3.8, 4) is 0 Å². The van der Waals surface area contributed by atoms with Gasteiger partial charge in [0.15, 0.2) is 0 Å². The van der Waals surface area contributed by atoms with Crippen molar-refractivity contribution in [1.82, 2.24) is 5.32 Å². The number of amides is 2. The Kier molecular flexibility index (Phi) is 5.05. The Labute approximate surface area is 106 Å². The molecule has 0 spiro atoms. The van der Waals surface area contributed by atoms with Crippen molar-refractivity contribution < 1.29 is 14.4 Å². The third kappa shape index (κ3) is 4.78. The first kappa shape index (κ1) is 13.9. The Balaban J connectivity index is 2.62. The molecule has 0 unspecified atom stereocenters. The predicted octanol–water partition coefficient (Wildman–Crippen LogP) is 1.35. The number of nitrogens with one attached hydrogen (secondary N) is 2. The van der Waals surface area contributed by atoms with Gasteiger partial charge >= 0.3 is 0 Å². The van der Waals surface area contributed by atoms with E-state index in [-0.39, 0.29) is 17.6 Å². The molecule has 5 heteroatoms. The zero-order valence-electron chi connectivity index (χ0n) is 10.4. The van der Waals surface area contributed by atoms with Gasteiger partial charge < -0.3 is 10.6 Å². The summed E-state index contributed by atoms with van der Waals surface area (Å²) in [5, 5.41) is 5.24. The molecule has 2 amide bonds. The lowest BCUT2D eigenvalue weighted by Gasteiger charge is -2.06. The first-order chi connectivity index (χ1) is 8.49. The smallest absolute Gasteiger partial charge is 0.251 e. The van der Waals surface area contributed by atoms with Crippen molar-refractivity contribution in [3.63, 3.8) is 0 Å². The molecule has 2 N–H and O–H groups in total. The predicted molar refractivity (Wildman–Crippen MR) is 68.4 cm³/mol. The van der Waals surface area contributed by atoms with Gasteiger partial charge in [-0.15, -0.1) is 0 Å². The monoisotopic (exact) mass is 248 g/mol. The van der Waals surface area contributed by atoms with E-state index in [1.54, 1.807) is 24.3 Å². The molecular weight excluding hydrogens is 232 g/mol. The minimum absolute atomic E-state index is 0.0299. The lowest BCUT2D eigenvalue weighted by Crippen LogP contribution is -2.25. The molecular formula is C13H16N2O3. The van der Waals surface area contributed by atoms with E-state index >= 15 is 0 Å². The first-order valence-corrected chi connectivity index (χ1v) is 5.64. The van der Waals surface area contributed by atoms with Crippen LogP contribution in [0.3, 0.4) is 0 Å². The van der Waals surface area contributed by atoms with Crippen molar-refractivity contribution in [1.29, 1.82) is 0 Å². The molecule has 1 aromatic carbocycles. The molecule has 5 nitrogen and oxygen atoms in total.